The van der Waals surface area contributed by atoms with Crippen molar-refractivity contribution in [2.75, 3.05) is 20.3 Å². The molecule has 1 N–H and O–H groups in total. The topological polar surface area (TPSA) is 105 Å². The van der Waals surface area contributed by atoms with Gasteiger partial charge < -0.3 is 19.5 Å². The number of fused-ring (bicyclic) bond motifs is 2. The van der Waals surface area contributed by atoms with Crippen LogP contribution in [-0.2, 0) is 9.53 Å². The smallest absolute Gasteiger partial charge is 0.331 e. The molecular weight excluding hydrogens is 436 g/mol. The molecule has 5 rings (SSSR count). The molecule has 0 saturated heterocycles. The Morgan fingerprint density at radius 1 is 1.12 bits per heavy atom. The Morgan fingerprint density at radius 2 is 1.85 bits per heavy atom. The molecule has 2 aromatic heterocycles. The van der Waals surface area contributed by atoms with Gasteiger partial charge in [0.1, 0.15) is 18.8 Å². The van der Waals surface area contributed by atoms with Crippen LogP contribution >= 0.6 is 0 Å². The number of benzene rings is 1. The zero-order chi connectivity index (χ0) is 23.9. The molecular formula is C25H28N4O5. The minimum absolute atomic E-state index is 0.0488. The summed E-state index contributed by atoms with van der Waals surface area (Å²) in [6, 6.07) is 7.40. The van der Waals surface area contributed by atoms with Gasteiger partial charge in [0.05, 0.1) is 30.0 Å². The molecule has 1 aromatic carbocycles. The Bertz CT molecular complexity index is 1260. The van der Waals surface area contributed by atoms with Gasteiger partial charge in [-0.1, -0.05) is 12.8 Å². The van der Waals surface area contributed by atoms with Gasteiger partial charge in [-0.25, -0.2) is 14.5 Å². The van der Waals surface area contributed by atoms with E-state index in [0.717, 1.165) is 18.4 Å². The number of ether oxygens (including phenoxy) is 3. The van der Waals surface area contributed by atoms with Crippen molar-refractivity contribution in [3.63, 3.8) is 0 Å². The maximum Gasteiger partial charge on any atom is 0.331 e. The second kappa shape index (κ2) is 8.62. The number of hydrogen-bond donors (Lipinski definition) is 1. The Labute approximate surface area is 197 Å². The SMILES string of the molecule is COC(=O)C1(NC(=O)c2cc(-c3ccc4c(c3)OCCO4)nc3c2cnn3C(C)C)CCCC1. The summed E-state index contributed by atoms with van der Waals surface area (Å²) >= 11 is 0. The van der Waals surface area contributed by atoms with E-state index in [4.69, 9.17) is 19.2 Å². The van der Waals surface area contributed by atoms with E-state index in [1.165, 1.54) is 7.11 Å². The lowest BCUT2D eigenvalue weighted by atomic mass is 9.96. The number of carbonyl (C=O) groups excluding carboxylic acids is 2. The van der Waals surface area contributed by atoms with Crippen molar-refractivity contribution in [2.24, 2.45) is 0 Å². The van der Waals surface area contributed by atoms with Crippen LogP contribution in [0.4, 0.5) is 0 Å². The quantitative estimate of drug-likeness (QED) is 0.575. The van der Waals surface area contributed by atoms with Gasteiger partial charge in [-0.05, 0) is 51.0 Å². The van der Waals surface area contributed by atoms with E-state index < -0.39 is 11.5 Å². The predicted octanol–water partition coefficient (Wildman–Crippen LogP) is 3.67. The highest BCUT2D eigenvalue weighted by molar-refractivity contribution is 6.08. The number of nitrogens with zero attached hydrogens (tertiary/aromatic N) is 3. The van der Waals surface area contributed by atoms with E-state index in [2.05, 4.69) is 10.4 Å². The van der Waals surface area contributed by atoms with E-state index >= 15 is 0 Å². The molecule has 0 radical (unpaired) electrons. The Balaban J connectivity index is 1.61. The molecule has 1 fully saturated rings. The number of nitrogens with one attached hydrogen (secondary N) is 1. The van der Waals surface area contributed by atoms with Crippen LogP contribution in [0.25, 0.3) is 22.3 Å². The number of amides is 1. The van der Waals surface area contributed by atoms with Crippen LogP contribution in [-0.4, -0.2) is 52.5 Å². The summed E-state index contributed by atoms with van der Waals surface area (Å²) in [5.41, 5.74) is 1.41. The molecule has 9 nitrogen and oxygen atoms in total. The summed E-state index contributed by atoms with van der Waals surface area (Å²) in [5.74, 6) is 0.572. The monoisotopic (exact) mass is 464 g/mol. The van der Waals surface area contributed by atoms with Crippen molar-refractivity contribution < 1.29 is 23.8 Å². The molecule has 2 aliphatic rings. The maximum atomic E-state index is 13.6. The van der Waals surface area contributed by atoms with E-state index in [1.807, 2.05) is 32.0 Å². The fraction of sp³-hybridized carbons (Fsp3) is 0.440. The van der Waals surface area contributed by atoms with Crippen LogP contribution in [0, 0.1) is 0 Å². The summed E-state index contributed by atoms with van der Waals surface area (Å²) in [5, 5.41) is 8.11. The Hall–Kier alpha value is -3.62. The molecule has 1 amide bonds. The zero-order valence-electron chi connectivity index (χ0n) is 19.6. The first-order chi connectivity index (χ1) is 16.4. The van der Waals surface area contributed by atoms with E-state index in [1.54, 1.807) is 16.9 Å². The number of carbonyl (C=O) groups is 2. The molecule has 9 heteroatoms. The van der Waals surface area contributed by atoms with Crippen LogP contribution in [0.3, 0.4) is 0 Å². The molecule has 3 heterocycles. The number of hydrogen-bond acceptors (Lipinski definition) is 7. The highest BCUT2D eigenvalue weighted by Gasteiger charge is 2.44. The van der Waals surface area contributed by atoms with Gasteiger partial charge in [0.2, 0.25) is 0 Å². The van der Waals surface area contributed by atoms with Crippen molar-refractivity contribution in [1.29, 1.82) is 0 Å². The van der Waals surface area contributed by atoms with E-state index in [0.29, 0.717) is 59.8 Å². The largest absolute Gasteiger partial charge is 0.486 e. The third-order valence-corrected chi connectivity index (χ3v) is 6.52. The van der Waals surface area contributed by atoms with Gasteiger partial charge in [-0.2, -0.15) is 5.10 Å². The van der Waals surface area contributed by atoms with Gasteiger partial charge in [0.25, 0.3) is 5.91 Å². The standard InChI is InChI=1S/C25H28N4O5/c1-15(2)29-22-18(14-26-29)17(23(30)28-25(24(31)32-3)8-4-5-9-25)13-19(27-22)16-6-7-20-21(12-16)34-11-10-33-20/h6-7,12-15H,4-5,8-11H2,1-3H3,(H,28,30). The lowest BCUT2D eigenvalue weighted by Crippen LogP contribution is -2.53. The second-order valence-corrected chi connectivity index (χ2v) is 9.07. The number of pyridine rings is 1. The van der Waals surface area contributed by atoms with Crippen LogP contribution in [0.15, 0.2) is 30.5 Å². The molecule has 0 atom stereocenters. The second-order valence-electron chi connectivity index (χ2n) is 9.07. The molecule has 0 spiro atoms. The molecule has 0 bridgehead atoms. The molecule has 1 saturated carbocycles. The molecule has 178 valence electrons. The number of methoxy groups -OCH3 is 1. The van der Waals surface area contributed by atoms with Crippen molar-refractivity contribution in [3.8, 4) is 22.8 Å². The highest BCUT2D eigenvalue weighted by Crippen LogP contribution is 2.36. The molecule has 34 heavy (non-hydrogen) atoms. The van der Waals surface area contributed by atoms with Gasteiger partial charge in [0, 0.05) is 11.6 Å². The van der Waals surface area contributed by atoms with Gasteiger partial charge >= 0.3 is 5.97 Å². The average Bonchev–Trinajstić information content (AvgIpc) is 3.50. The third-order valence-electron chi connectivity index (χ3n) is 6.52. The summed E-state index contributed by atoms with van der Waals surface area (Å²) < 4.78 is 18.2. The lowest BCUT2D eigenvalue weighted by molar-refractivity contribution is -0.148. The van der Waals surface area contributed by atoms with Crippen molar-refractivity contribution in [2.45, 2.75) is 51.1 Å². The minimum Gasteiger partial charge on any atom is -0.486 e. The summed E-state index contributed by atoms with van der Waals surface area (Å²) in [6.45, 7) is 5.01. The molecule has 1 aliphatic carbocycles. The normalized spacial score (nSPS) is 16.6. The first kappa shape index (κ1) is 22.2. The van der Waals surface area contributed by atoms with Crippen molar-refractivity contribution in [1.82, 2.24) is 20.1 Å². The van der Waals surface area contributed by atoms with Crippen molar-refractivity contribution >= 4 is 22.9 Å². The summed E-state index contributed by atoms with van der Waals surface area (Å²) in [4.78, 5) is 31.1. The van der Waals surface area contributed by atoms with E-state index in [9.17, 15) is 9.59 Å². The van der Waals surface area contributed by atoms with E-state index in [-0.39, 0.29) is 11.9 Å². The summed E-state index contributed by atoms with van der Waals surface area (Å²) in [6.07, 6.45) is 4.48. The first-order valence-electron chi connectivity index (χ1n) is 11.6. The van der Waals surface area contributed by atoms with Crippen LogP contribution in [0.2, 0.25) is 0 Å². The lowest BCUT2D eigenvalue weighted by Gasteiger charge is -2.27. The number of esters is 1. The maximum absolute atomic E-state index is 13.6. The fourth-order valence-electron chi connectivity index (χ4n) is 4.77. The predicted molar refractivity (Wildman–Crippen MR) is 125 cm³/mol. The Kier molecular flexibility index (Phi) is 5.63. The molecule has 1 aliphatic heterocycles. The van der Waals surface area contributed by atoms with Crippen molar-refractivity contribution in [3.05, 3.63) is 36.0 Å². The van der Waals surface area contributed by atoms with Crippen LogP contribution in [0.5, 0.6) is 11.5 Å². The summed E-state index contributed by atoms with van der Waals surface area (Å²) in [7, 11) is 1.35. The van der Waals surface area contributed by atoms with Gasteiger partial charge in [0.15, 0.2) is 17.1 Å². The van der Waals surface area contributed by atoms with Gasteiger partial charge in [-0.3, -0.25) is 4.79 Å². The zero-order valence-corrected chi connectivity index (χ0v) is 19.6. The molecule has 0 unspecified atom stereocenters. The minimum atomic E-state index is -1.01. The number of aromatic nitrogens is 3. The Morgan fingerprint density at radius 3 is 2.56 bits per heavy atom. The molecule has 3 aromatic rings. The van der Waals surface area contributed by atoms with Crippen LogP contribution in [0.1, 0.15) is 55.9 Å². The third kappa shape index (κ3) is 3.74. The van der Waals surface area contributed by atoms with Crippen LogP contribution < -0.4 is 14.8 Å². The number of rotatable bonds is 5. The first-order valence-corrected chi connectivity index (χ1v) is 11.6. The van der Waals surface area contributed by atoms with Gasteiger partial charge in [-0.15, -0.1) is 0 Å². The highest BCUT2D eigenvalue weighted by atomic mass is 16.6. The average molecular weight is 465 g/mol. The fourth-order valence-corrected chi connectivity index (χ4v) is 4.77.